The molecular weight excluding hydrogens is 597 g/mol. The number of urea groups is 1. The highest BCUT2D eigenvalue weighted by molar-refractivity contribution is 6.29. The number of para-hydroxylation sites is 1. The number of halogens is 2. The second kappa shape index (κ2) is 14.1. The van der Waals surface area contributed by atoms with Crippen LogP contribution in [0.2, 0.25) is 0 Å². The molecule has 2 aliphatic heterocycles. The Hall–Kier alpha value is -3.85. The maximum atomic E-state index is 15.5. The molecule has 0 bridgehead atoms. The summed E-state index contributed by atoms with van der Waals surface area (Å²) in [6.45, 7) is 10.5. The van der Waals surface area contributed by atoms with Gasteiger partial charge in [0.1, 0.15) is 18.2 Å². The zero-order chi connectivity index (χ0) is 33.1. The molecule has 2 heterocycles. The standard InChI is InChI=1S/C35H43ClFN3O5/c1-7-22(2)28-20-38(6)34(44)40(30(28)18-23(3)36)25-14-16-39(17-15-25)32(41)27-13-12-24(19-29(27)37)26-10-8-9-11-31(26)45-21-35(4,5)33(42)43/h8-13,18-19,22,25H,7,14-17,20-21H2,1-6H3,(H,42,43)/b23-18+. The molecule has 1 unspecified atom stereocenters. The third-order valence-electron chi connectivity index (χ3n) is 8.75. The van der Waals surface area contributed by atoms with E-state index in [0.29, 0.717) is 54.4 Å². The predicted molar refractivity (Wildman–Crippen MR) is 174 cm³/mol. The van der Waals surface area contributed by atoms with Crippen LogP contribution in [-0.4, -0.2) is 77.0 Å². The first-order valence-electron chi connectivity index (χ1n) is 15.4. The molecule has 10 heteroatoms. The number of benzene rings is 2. The second-order valence-corrected chi connectivity index (χ2v) is 13.2. The van der Waals surface area contributed by atoms with Crippen molar-refractivity contribution in [3.05, 3.63) is 76.2 Å². The summed E-state index contributed by atoms with van der Waals surface area (Å²) in [4.78, 5) is 43.6. The lowest BCUT2D eigenvalue weighted by Crippen LogP contribution is -2.54. The first-order valence-corrected chi connectivity index (χ1v) is 15.8. The van der Waals surface area contributed by atoms with Crippen LogP contribution in [0.15, 0.2) is 64.8 Å². The van der Waals surface area contributed by atoms with Gasteiger partial charge in [-0.25, -0.2) is 9.18 Å². The highest BCUT2D eigenvalue weighted by Gasteiger charge is 2.38. The van der Waals surface area contributed by atoms with Crippen molar-refractivity contribution in [3.8, 4) is 16.9 Å². The molecule has 0 radical (unpaired) electrons. The minimum absolute atomic E-state index is 0.0308. The van der Waals surface area contributed by atoms with E-state index in [1.165, 1.54) is 12.1 Å². The fourth-order valence-corrected chi connectivity index (χ4v) is 5.81. The number of ether oxygens (including phenoxy) is 1. The number of carbonyl (C=O) groups excluding carboxylic acids is 2. The Labute approximate surface area is 270 Å². The quantitative estimate of drug-likeness (QED) is 0.293. The Balaban J connectivity index is 1.50. The molecular formula is C35H43ClFN3O5. The number of likely N-dealkylation sites (N-methyl/N-ethyl adjacent to an activating group) is 1. The molecule has 0 spiro atoms. The zero-order valence-electron chi connectivity index (χ0n) is 26.9. The monoisotopic (exact) mass is 639 g/mol. The van der Waals surface area contributed by atoms with E-state index < -0.39 is 23.1 Å². The topological polar surface area (TPSA) is 90.4 Å². The third-order valence-corrected chi connectivity index (χ3v) is 8.86. The molecule has 4 rings (SSSR count). The summed E-state index contributed by atoms with van der Waals surface area (Å²) < 4.78 is 21.3. The molecule has 0 aliphatic carbocycles. The van der Waals surface area contributed by atoms with E-state index in [2.05, 4.69) is 13.8 Å². The van der Waals surface area contributed by atoms with E-state index >= 15 is 4.39 Å². The van der Waals surface area contributed by atoms with Crippen LogP contribution in [0.5, 0.6) is 5.75 Å². The van der Waals surface area contributed by atoms with Gasteiger partial charge in [0, 0.05) is 49.0 Å². The van der Waals surface area contributed by atoms with Crippen molar-refractivity contribution in [3.63, 3.8) is 0 Å². The number of hydrogen-bond donors (Lipinski definition) is 1. The summed E-state index contributed by atoms with van der Waals surface area (Å²) >= 11 is 6.32. The van der Waals surface area contributed by atoms with Crippen molar-refractivity contribution in [2.24, 2.45) is 11.3 Å². The molecule has 45 heavy (non-hydrogen) atoms. The highest BCUT2D eigenvalue weighted by Crippen LogP contribution is 2.35. The van der Waals surface area contributed by atoms with Crippen molar-refractivity contribution in [1.29, 1.82) is 0 Å². The number of allylic oxidation sites excluding steroid dienone is 2. The average Bonchev–Trinajstić information content (AvgIpc) is 3.01. The second-order valence-electron chi connectivity index (χ2n) is 12.7. The summed E-state index contributed by atoms with van der Waals surface area (Å²) in [5.74, 6) is -1.34. The van der Waals surface area contributed by atoms with E-state index in [9.17, 15) is 19.5 Å². The van der Waals surface area contributed by atoms with Crippen LogP contribution in [0.1, 0.15) is 64.2 Å². The molecule has 1 fully saturated rings. The number of amides is 3. The SMILES string of the molecule is CCC(C)C1=C(/C=C(\C)Cl)N(C2CCN(C(=O)c3ccc(-c4ccccc4OCC(C)(C)C(=O)O)cc3F)CC2)C(=O)N(C)C1. The van der Waals surface area contributed by atoms with Gasteiger partial charge in [-0.05, 0) is 81.4 Å². The lowest BCUT2D eigenvalue weighted by atomic mass is 9.91. The number of carboxylic acids is 1. The normalized spacial score (nSPS) is 17.6. The minimum atomic E-state index is -1.10. The Morgan fingerprint density at radius 1 is 1.18 bits per heavy atom. The van der Waals surface area contributed by atoms with Crippen molar-refractivity contribution >= 4 is 29.5 Å². The van der Waals surface area contributed by atoms with Crippen LogP contribution < -0.4 is 4.74 Å². The molecule has 1 N–H and O–H groups in total. The molecule has 1 saturated heterocycles. The summed E-state index contributed by atoms with van der Waals surface area (Å²) in [7, 11) is 1.80. The number of aliphatic carboxylic acids is 1. The lowest BCUT2D eigenvalue weighted by molar-refractivity contribution is -0.148. The summed E-state index contributed by atoms with van der Waals surface area (Å²) in [5, 5.41) is 10.0. The summed E-state index contributed by atoms with van der Waals surface area (Å²) in [6, 6.07) is 11.3. The first-order chi connectivity index (χ1) is 21.2. The number of carboxylic acid groups (broad SMARTS) is 1. The van der Waals surface area contributed by atoms with Crippen molar-refractivity contribution in [2.45, 2.75) is 59.9 Å². The minimum Gasteiger partial charge on any atom is -0.492 e. The number of hydrogen-bond acceptors (Lipinski definition) is 4. The first kappa shape index (κ1) is 34.0. The van der Waals surface area contributed by atoms with Gasteiger partial charge < -0.3 is 19.6 Å². The number of piperidine rings is 1. The van der Waals surface area contributed by atoms with Crippen LogP contribution in [0, 0.1) is 17.2 Å². The number of rotatable bonds is 10. The zero-order valence-corrected chi connectivity index (χ0v) is 27.7. The number of likely N-dealkylation sites (tertiary alicyclic amines) is 1. The van der Waals surface area contributed by atoms with E-state index in [0.717, 1.165) is 17.7 Å². The largest absolute Gasteiger partial charge is 0.492 e. The number of carbonyl (C=O) groups is 3. The van der Waals surface area contributed by atoms with Gasteiger partial charge in [-0.2, -0.15) is 0 Å². The Bertz CT molecular complexity index is 1510. The van der Waals surface area contributed by atoms with Crippen LogP contribution in [0.4, 0.5) is 9.18 Å². The van der Waals surface area contributed by atoms with Crippen LogP contribution in [-0.2, 0) is 4.79 Å². The van der Waals surface area contributed by atoms with E-state index in [-0.39, 0.29) is 30.2 Å². The van der Waals surface area contributed by atoms with Gasteiger partial charge in [-0.15, -0.1) is 0 Å². The van der Waals surface area contributed by atoms with Crippen molar-refractivity contribution in [2.75, 3.05) is 33.3 Å². The van der Waals surface area contributed by atoms with Gasteiger partial charge in [-0.1, -0.05) is 49.7 Å². The van der Waals surface area contributed by atoms with Gasteiger partial charge in [0.15, 0.2) is 0 Å². The lowest BCUT2D eigenvalue weighted by Gasteiger charge is -2.44. The Morgan fingerprint density at radius 2 is 1.84 bits per heavy atom. The Morgan fingerprint density at radius 3 is 2.44 bits per heavy atom. The predicted octanol–water partition coefficient (Wildman–Crippen LogP) is 7.40. The maximum absolute atomic E-state index is 15.5. The molecule has 242 valence electrons. The average molecular weight is 640 g/mol. The summed E-state index contributed by atoms with van der Waals surface area (Å²) in [6.07, 6.45) is 3.91. The molecule has 1 atom stereocenters. The highest BCUT2D eigenvalue weighted by atomic mass is 35.5. The van der Waals surface area contributed by atoms with Crippen LogP contribution in [0.3, 0.4) is 0 Å². The number of nitrogens with zero attached hydrogens (tertiary/aromatic N) is 3. The molecule has 3 amide bonds. The van der Waals surface area contributed by atoms with Crippen molar-refractivity contribution < 1.29 is 28.6 Å². The smallest absolute Gasteiger partial charge is 0.324 e. The van der Waals surface area contributed by atoms with Gasteiger partial charge in [0.2, 0.25) is 0 Å². The van der Waals surface area contributed by atoms with E-state index in [4.69, 9.17) is 16.3 Å². The van der Waals surface area contributed by atoms with E-state index in [1.807, 2.05) is 11.0 Å². The fraction of sp³-hybridized carbons (Fsp3) is 0.457. The van der Waals surface area contributed by atoms with Gasteiger partial charge in [-0.3, -0.25) is 14.5 Å². The van der Waals surface area contributed by atoms with Crippen molar-refractivity contribution in [1.82, 2.24) is 14.7 Å². The van der Waals surface area contributed by atoms with E-state index in [1.54, 1.807) is 68.0 Å². The molecule has 2 aromatic carbocycles. The van der Waals surface area contributed by atoms with Crippen LogP contribution >= 0.6 is 11.6 Å². The molecule has 2 aliphatic rings. The molecule has 0 aromatic heterocycles. The summed E-state index contributed by atoms with van der Waals surface area (Å²) in [5.41, 5.74) is 1.98. The van der Waals surface area contributed by atoms with Gasteiger partial charge >= 0.3 is 12.0 Å². The molecule has 2 aromatic rings. The maximum Gasteiger partial charge on any atom is 0.324 e. The van der Waals surface area contributed by atoms with Gasteiger partial charge in [0.25, 0.3) is 5.91 Å². The fourth-order valence-electron chi connectivity index (χ4n) is 5.71. The van der Waals surface area contributed by atoms with Crippen LogP contribution in [0.25, 0.3) is 11.1 Å². The molecule has 8 nitrogen and oxygen atoms in total. The third kappa shape index (κ3) is 7.52. The molecule has 0 saturated carbocycles. The van der Waals surface area contributed by atoms with Gasteiger partial charge in [0.05, 0.1) is 11.0 Å². The Kier molecular flexibility index (Phi) is 10.6.